The Kier molecular flexibility index (Phi) is 6.08. The molecule has 0 saturated heterocycles. The normalized spacial score (nSPS) is 15.2. The molecule has 1 saturated carbocycles. The Morgan fingerprint density at radius 2 is 1.93 bits per heavy atom. The van der Waals surface area contributed by atoms with Gasteiger partial charge in [0.25, 0.3) is 0 Å². The molecule has 0 amide bonds. The number of halogens is 4. The Labute approximate surface area is 171 Å². The number of nitrogens with two attached hydrogens (primary N) is 1. The third-order valence-corrected chi connectivity index (χ3v) is 5.17. The number of phenols is 1. The van der Waals surface area contributed by atoms with Gasteiger partial charge in [0, 0.05) is 17.2 Å². The van der Waals surface area contributed by atoms with Crippen molar-refractivity contribution in [2.24, 2.45) is 5.73 Å². The Balaban J connectivity index is 2.12. The smallest absolute Gasteiger partial charge is 0.419 e. The van der Waals surface area contributed by atoms with Crippen LogP contribution in [-0.2, 0) is 15.7 Å². The molecule has 1 aliphatic rings. The molecule has 1 fully saturated rings. The standard InChI is InChI=1S/C22H23F4NO3/c1-3-30-19(29)10-17(27)15-7-14(8-16(21(15)23)22(24,25)26)20-11(2)6-13(9-18(20)28)12-4-5-12/h6-9,12,17,28H,3-5,10,27H2,1-2H3/t17-/m0/s1. The highest BCUT2D eigenvalue weighted by Gasteiger charge is 2.37. The monoisotopic (exact) mass is 425 g/mol. The van der Waals surface area contributed by atoms with E-state index in [1.54, 1.807) is 13.8 Å². The van der Waals surface area contributed by atoms with Gasteiger partial charge in [0.15, 0.2) is 0 Å². The summed E-state index contributed by atoms with van der Waals surface area (Å²) in [5.74, 6) is -2.11. The number of carbonyl (C=O) groups is 1. The number of hydrogen-bond acceptors (Lipinski definition) is 4. The van der Waals surface area contributed by atoms with Crippen LogP contribution in [0.4, 0.5) is 17.6 Å². The molecule has 4 nitrogen and oxygen atoms in total. The molecule has 2 aromatic rings. The third kappa shape index (κ3) is 4.59. The van der Waals surface area contributed by atoms with E-state index in [9.17, 15) is 27.5 Å². The van der Waals surface area contributed by atoms with Gasteiger partial charge in [0.05, 0.1) is 18.6 Å². The van der Waals surface area contributed by atoms with Crippen LogP contribution in [0.3, 0.4) is 0 Å². The lowest BCUT2D eigenvalue weighted by Crippen LogP contribution is -2.20. The maximum Gasteiger partial charge on any atom is 0.419 e. The van der Waals surface area contributed by atoms with Crippen molar-refractivity contribution in [1.82, 2.24) is 0 Å². The van der Waals surface area contributed by atoms with Crippen molar-refractivity contribution in [2.45, 2.75) is 51.2 Å². The molecule has 0 unspecified atom stereocenters. The molecule has 1 atom stereocenters. The summed E-state index contributed by atoms with van der Waals surface area (Å²) in [4.78, 5) is 11.7. The van der Waals surface area contributed by atoms with E-state index in [4.69, 9.17) is 10.5 Å². The van der Waals surface area contributed by atoms with Crippen LogP contribution in [0.25, 0.3) is 11.1 Å². The number of rotatable bonds is 6. The fourth-order valence-electron chi connectivity index (χ4n) is 3.60. The largest absolute Gasteiger partial charge is 0.507 e. The topological polar surface area (TPSA) is 72.5 Å². The predicted molar refractivity (Wildman–Crippen MR) is 103 cm³/mol. The molecule has 2 aromatic carbocycles. The van der Waals surface area contributed by atoms with Crippen molar-refractivity contribution in [3.63, 3.8) is 0 Å². The van der Waals surface area contributed by atoms with Crippen LogP contribution < -0.4 is 5.73 Å². The minimum atomic E-state index is -4.98. The first kappa shape index (κ1) is 22.1. The molecule has 3 N–H and O–H groups in total. The van der Waals surface area contributed by atoms with Gasteiger partial charge in [-0.2, -0.15) is 13.2 Å². The quantitative estimate of drug-likeness (QED) is 0.483. The van der Waals surface area contributed by atoms with E-state index >= 15 is 0 Å². The van der Waals surface area contributed by atoms with Gasteiger partial charge in [-0.1, -0.05) is 6.07 Å². The summed E-state index contributed by atoms with van der Waals surface area (Å²) < 4.78 is 60.0. The van der Waals surface area contributed by atoms with Crippen LogP contribution in [0.1, 0.15) is 60.4 Å². The molecule has 30 heavy (non-hydrogen) atoms. The predicted octanol–water partition coefficient (Wildman–Crippen LogP) is 5.36. The second-order valence-corrected chi connectivity index (χ2v) is 7.55. The number of benzene rings is 2. The zero-order valence-electron chi connectivity index (χ0n) is 16.6. The first-order valence-corrected chi connectivity index (χ1v) is 9.68. The maximum absolute atomic E-state index is 14.7. The van der Waals surface area contributed by atoms with Crippen molar-refractivity contribution in [3.8, 4) is 16.9 Å². The molecule has 0 heterocycles. The van der Waals surface area contributed by atoms with Crippen LogP contribution in [-0.4, -0.2) is 17.7 Å². The number of esters is 1. The number of phenolic OH excluding ortho intramolecular Hbond substituents is 1. The number of carbonyl (C=O) groups excluding carboxylic acids is 1. The lowest BCUT2D eigenvalue weighted by molar-refractivity contribution is -0.143. The highest BCUT2D eigenvalue weighted by atomic mass is 19.4. The zero-order chi connectivity index (χ0) is 22.2. The Morgan fingerprint density at radius 3 is 2.47 bits per heavy atom. The highest BCUT2D eigenvalue weighted by Crippen LogP contribution is 2.45. The van der Waals surface area contributed by atoms with Gasteiger partial charge in [0.1, 0.15) is 11.6 Å². The first-order chi connectivity index (χ1) is 14.0. The second kappa shape index (κ2) is 8.26. The van der Waals surface area contributed by atoms with E-state index < -0.39 is 41.6 Å². The average Bonchev–Trinajstić information content (AvgIpc) is 3.46. The van der Waals surface area contributed by atoms with E-state index in [1.165, 1.54) is 6.07 Å². The van der Waals surface area contributed by atoms with Gasteiger partial charge in [-0.25, -0.2) is 4.39 Å². The van der Waals surface area contributed by atoms with Crippen molar-refractivity contribution in [3.05, 3.63) is 52.3 Å². The molecule has 0 spiro atoms. The van der Waals surface area contributed by atoms with E-state index in [-0.39, 0.29) is 23.5 Å². The first-order valence-electron chi connectivity index (χ1n) is 9.68. The SMILES string of the molecule is CCOC(=O)C[C@H](N)c1cc(-c2c(C)cc(C3CC3)cc2O)cc(C(F)(F)F)c1F. The minimum absolute atomic E-state index is 0.0182. The second-order valence-electron chi connectivity index (χ2n) is 7.55. The van der Waals surface area contributed by atoms with Crippen molar-refractivity contribution >= 4 is 5.97 Å². The Hall–Kier alpha value is -2.61. The van der Waals surface area contributed by atoms with Gasteiger partial charge in [0.2, 0.25) is 0 Å². The number of alkyl halides is 3. The lowest BCUT2D eigenvalue weighted by Gasteiger charge is -2.20. The zero-order valence-corrected chi connectivity index (χ0v) is 16.6. The van der Waals surface area contributed by atoms with Crippen molar-refractivity contribution < 1.29 is 32.2 Å². The van der Waals surface area contributed by atoms with Crippen LogP contribution in [0.15, 0.2) is 24.3 Å². The van der Waals surface area contributed by atoms with Gasteiger partial charge in [-0.05, 0) is 67.5 Å². The summed E-state index contributed by atoms with van der Waals surface area (Å²) in [5, 5.41) is 10.5. The Bertz CT molecular complexity index is 945. The maximum atomic E-state index is 14.7. The van der Waals surface area contributed by atoms with Crippen molar-refractivity contribution in [1.29, 1.82) is 0 Å². The third-order valence-electron chi connectivity index (χ3n) is 5.17. The van der Waals surface area contributed by atoms with Crippen LogP contribution in [0, 0.1) is 12.7 Å². The van der Waals surface area contributed by atoms with Crippen LogP contribution in [0.5, 0.6) is 5.75 Å². The molecular weight excluding hydrogens is 402 g/mol. The van der Waals surface area contributed by atoms with E-state index in [0.29, 0.717) is 17.5 Å². The summed E-state index contributed by atoms with van der Waals surface area (Å²) in [6.45, 7) is 3.32. The molecule has 0 aliphatic heterocycles. The molecule has 8 heteroatoms. The van der Waals surface area contributed by atoms with Gasteiger partial charge in [-0.3, -0.25) is 4.79 Å². The van der Waals surface area contributed by atoms with E-state index in [2.05, 4.69) is 0 Å². The number of aryl methyl sites for hydroxylation is 1. The number of ether oxygens (including phenoxy) is 1. The summed E-state index contributed by atoms with van der Waals surface area (Å²) in [5.41, 5.74) is 5.55. The molecule has 1 aliphatic carbocycles. The summed E-state index contributed by atoms with van der Waals surface area (Å²) >= 11 is 0. The summed E-state index contributed by atoms with van der Waals surface area (Å²) in [6, 6.07) is 3.84. The van der Waals surface area contributed by atoms with Crippen LogP contribution >= 0.6 is 0 Å². The molecule has 0 radical (unpaired) electrons. The number of aromatic hydroxyl groups is 1. The molecular formula is C22H23F4NO3. The molecule has 0 aromatic heterocycles. The highest BCUT2D eigenvalue weighted by molar-refractivity contribution is 5.76. The number of hydrogen-bond donors (Lipinski definition) is 2. The summed E-state index contributed by atoms with van der Waals surface area (Å²) in [6.07, 6.45) is -3.45. The fourth-order valence-corrected chi connectivity index (χ4v) is 3.60. The van der Waals surface area contributed by atoms with E-state index in [1.807, 2.05) is 6.07 Å². The van der Waals surface area contributed by atoms with Crippen LogP contribution in [0.2, 0.25) is 0 Å². The molecule has 3 rings (SSSR count). The van der Waals surface area contributed by atoms with Crippen molar-refractivity contribution in [2.75, 3.05) is 6.61 Å². The van der Waals surface area contributed by atoms with Gasteiger partial charge < -0.3 is 15.6 Å². The lowest BCUT2D eigenvalue weighted by atomic mass is 9.90. The summed E-state index contributed by atoms with van der Waals surface area (Å²) in [7, 11) is 0. The van der Waals surface area contributed by atoms with E-state index in [0.717, 1.165) is 24.5 Å². The van der Waals surface area contributed by atoms with Gasteiger partial charge >= 0.3 is 12.1 Å². The fraction of sp³-hybridized carbons (Fsp3) is 0.409. The Morgan fingerprint density at radius 1 is 1.27 bits per heavy atom. The average molecular weight is 425 g/mol. The van der Waals surface area contributed by atoms with Gasteiger partial charge in [-0.15, -0.1) is 0 Å². The minimum Gasteiger partial charge on any atom is -0.507 e. The molecule has 0 bridgehead atoms. The molecule has 162 valence electrons.